The molecule has 0 unspecified atom stereocenters. The van der Waals surface area contributed by atoms with Gasteiger partial charge in [0.25, 0.3) is 0 Å². The Balaban J connectivity index is 2.49. The maximum Gasteiger partial charge on any atom is 0.454 e. The first kappa shape index (κ1) is 10.9. The van der Waals surface area contributed by atoms with Gasteiger partial charge in [0, 0.05) is 0 Å². The Labute approximate surface area is 97.7 Å². The van der Waals surface area contributed by atoms with E-state index in [9.17, 15) is 9.90 Å². The molecule has 84 valence electrons. The van der Waals surface area contributed by atoms with Crippen molar-refractivity contribution in [1.29, 1.82) is 0 Å². The molecular weight excluding hydrogens is 230 g/mol. The monoisotopic (exact) mass is 239 g/mol. The lowest BCUT2D eigenvalue weighted by Gasteiger charge is -2.20. The Bertz CT molecular complexity index is 485. The van der Waals surface area contributed by atoms with E-state index in [-0.39, 0.29) is 4.59 Å². The highest BCUT2D eigenvalue weighted by Crippen LogP contribution is 2.29. The minimum Gasteiger partial charge on any atom is -0.842 e. The molecule has 0 spiro atoms. The maximum absolute atomic E-state index is 11.9. The van der Waals surface area contributed by atoms with E-state index in [1.165, 1.54) is 14.1 Å². The topological polar surface area (TPSA) is 55.7 Å². The van der Waals surface area contributed by atoms with E-state index < -0.39 is 12.1 Å². The Morgan fingerprint density at radius 3 is 2.50 bits per heavy atom. The first-order valence-electron chi connectivity index (χ1n) is 4.64. The molecule has 2 amide bonds. The number of carbonyl (C=O) groups excluding carboxylic acids is 1. The number of hydrogen-bond acceptors (Lipinski definition) is 3. The molecule has 5 nitrogen and oxygen atoms in total. The molecule has 0 atom stereocenters. The number of rotatable bonds is 1. The number of hydrogen-bond donors (Lipinski definition) is 0. The van der Waals surface area contributed by atoms with Crippen molar-refractivity contribution in [2.75, 3.05) is 19.0 Å². The molecule has 0 N–H and O–H groups in total. The number of nitrogens with zero attached hydrogens (tertiary/aromatic N) is 3. The van der Waals surface area contributed by atoms with E-state index in [0.29, 0.717) is 10.7 Å². The fraction of sp³-hybridized carbons (Fsp3) is 0.200. The van der Waals surface area contributed by atoms with Crippen molar-refractivity contribution in [2.24, 2.45) is 5.10 Å². The van der Waals surface area contributed by atoms with Crippen LogP contribution in [0.4, 0.5) is 10.5 Å². The van der Waals surface area contributed by atoms with Gasteiger partial charge in [-0.3, -0.25) is 0 Å². The zero-order valence-electron chi connectivity index (χ0n) is 8.85. The van der Waals surface area contributed by atoms with Gasteiger partial charge >= 0.3 is 6.03 Å². The smallest absolute Gasteiger partial charge is 0.454 e. The predicted octanol–water partition coefficient (Wildman–Crippen LogP) is 0.988. The summed E-state index contributed by atoms with van der Waals surface area (Å²) >= 11 is 5.93. The third-order valence-electron chi connectivity index (χ3n) is 2.28. The molecule has 0 aromatic heterocycles. The average Bonchev–Trinajstić information content (AvgIpc) is 2.39. The molecular formula is C10H10ClN3O2. The number of halogens is 1. The summed E-state index contributed by atoms with van der Waals surface area (Å²) < 4.78 is -0.343. The van der Waals surface area contributed by atoms with Crippen LogP contribution in [0.1, 0.15) is 0 Å². The van der Waals surface area contributed by atoms with Crippen LogP contribution in [0.3, 0.4) is 0 Å². The van der Waals surface area contributed by atoms with Gasteiger partial charge in [-0.25, -0.2) is 9.69 Å². The number of urea groups is 1. The second-order valence-electron chi connectivity index (χ2n) is 3.85. The largest absolute Gasteiger partial charge is 0.842 e. The zero-order valence-corrected chi connectivity index (χ0v) is 9.60. The molecule has 0 aliphatic carbocycles. The van der Waals surface area contributed by atoms with E-state index in [1.807, 2.05) is 0 Å². The van der Waals surface area contributed by atoms with Crippen LogP contribution >= 0.6 is 11.6 Å². The molecule has 0 saturated carbocycles. The lowest BCUT2D eigenvalue weighted by molar-refractivity contribution is -0.811. The molecule has 1 aliphatic heterocycles. The minimum absolute atomic E-state index is 0.343. The highest BCUT2D eigenvalue weighted by molar-refractivity contribution is 6.34. The lowest BCUT2D eigenvalue weighted by Crippen LogP contribution is -2.46. The molecule has 0 radical (unpaired) electrons. The molecule has 0 saturated heterocycles. The number of benzene rings is 1. The molecule has 1 heterocycles. The summed E-state index contributed by atoms with van der Waals surface area (Å²) in [7, 11) is 3.08. The number of carbonyl (C=O) groups is 1. The van der Waals surface area contributed by atoms with Crippen molar-refractivity contribution in [3.05, 3.63) is 29.3 Å². The third kappa shape index (κ3) is 1.54. The minimum atomic E-state index is -0.594. The van der Waals surface area contributed by atoms with Crippen LogP contribution in [-0.4, -0.2) is 30.7 Å². The Morgan fingerprint density at radius 1 is 1.38 bits per heavy atom. The quantitative estimate of drug-likeness (QED) is 0.687. The fourth-order valence-electron chi connectivity index (χ4n) is 1.47. The second-order valence-corrected chi connectivity index (χ2v) is 4.25. The molecule has 16 heavy (non-hydrogen) atoms. The third-order valence-corrected chi connectivity index (χ3v) is 2.60. The summed E-state index contributed by atoms with van der Waals surface area (Å²) in [5.41, 5.74) is 0.367. The number of para-hydroxylation sites is 1. The Kier molecular flexibility index (Phi) is 2.36. The summed E-state index contributed by atoms with van der Waals surface area (Å²) in [4.78, 5) is 12.9. The van der Waals surface area contributed by atoms with Crippen LogP contribution in [0.2, 0.25) is 5.02 Å². The van der Waals surface area contributed by atoms with Gasteiger partial charge in [-0.15, -0.1) is 4.59 Å². The van der Waals surface area contributed by atoms with Crippen molar-refractivity contribution in [3.63, 3.8) is 0 Å². The van der Waals surface area contributed by atoms with Gasteiger partial charge in [0.1, 0.15) is 20.1 Å². The first-order valence-corrected chi connectivity index (χ1v) is 5.02. The molecule has 1 aliphatic rings. The Morgan fingerprint density at radius 2 is 2.00 bits per heavy atom. The Hall–Kier alpha value is -1.59. The summed E-state index contributed by atoms with van der Waals surface area (Å²) in [6.07, 6.45) is 0. The normalized spacial score (nSPS) is 18.8. The van der Waals surface area contributed by atoms with Crippen LogP contribution in [0.5, 0.6) is 0 Å². The summed E-state index contributed by atoms with van der Waals surface area (Å²) in [6, 6.07) is 5.66. The van der Waals surface area contributed by atoms with Gasteiger partial charge in [0.15, 0.2) is 0 Å². The van der Waals surface area contributed by atoms with E-state index in [0.717, 1.165) is 4.90 Å². The summed E-state index contributed by atoms with van der Waals surface area (Å²) in [5, 5.41) is 15.7. The maximum atomic E-state index is 11.9. The predicted molar refractivity (Wildman–Crippen MR) is 58.9 cm³/mol. The first-order chi connectivity index (χ1) is 7.43. The van der Waals surface area contributed by atoms with Crippen molar-refractivity contribution in [3.8, 4) is 0 Å². The van der Waals surface area contributed by atoms with Crippen molar-refractivity contribution < 1.29 is 14.5 Å². The lowest BCUT2D eigenvalue weighted by atomic mass is 10.3. The van der Waals surface area contributed by atoms with Gasteiger partial charge in [-0.1, -0.05) is 28.8 Å². The van der Waals surface area contributed by atoms with Crippen LogP contribution in [0, 0.1) is 0 Å². The molecule has 1 aromatic carbocycles. The van der Waals surface area contributed by atoms with E-state index in [1.54, 1.807) is 24.3 Å². The number of quaternary nitrogens is 1. The molecule has 1 aromatic rings. The molecule has 2 rings (SSSR count). The fourth-order valence-corrected chi connectivity index (χ4v) is 1.69. The van der Waals surface area contributed by atoms with E-state index in [4.69, 9.17) is 11.6 Å². The van der Waals surface area contributed by atoms with Gasteiger partial charge < -0.3 is 5.11 Å². The number of amides is 2. The van der Waals surface area contributed by atoms with Gasteiger partial charge in [-0.2, -0.15) is 0 Å². The highest BCUT2D eigenvalue weighted by atomic mass is 35.5. The van der Waals surface area contributed by atoms with Crippen LogP contribution in [-0.2, 0) is 0 Å². The zero-order chi connectivity index (χ0) is 11.9. The van der Waals surface area contributed by atoms with Crippen LogP contribution < -0.4 is 10.0 Å². The van der Waals surface area contributed by atoms with E-state index in [2.05, 4.69) is 5.10 Å². The number of anilines is 1. The van der Waals surface area contributed by atoms with Crippen molar-refractivity contribution in [2.45, 2.75) is 0 Å². The molecule has 0 fully saturated rings. The van der Waals surface area contributed by atoms with E-state index >= 15 is 0 Å². The van der Waals surface area contributed by atoms with Crippen LogP contribution in [0.15, 0.2) is 29.4 Å². The van der Waals surface area contributed by atoms with Gasteiger partial charge in [0.05, 0.1) is 10.7 Å². The molecule has 0 bridgehead atoms. The second kappa shape index (κ2) is 3.47. The SMILES string of the molecule is C[N+]1(C)N=C([O-])N(c2ccccc2Cl)C1=O. The van der Waals surface area contributed by atoms with Gasteiger partial charge in [-0.05, 0) is 12.1 Å². The van der Waals surface area contributed by atoms with Crippen molar-refractivity contribution >= 4 is 29.3 Å². The summed E-state index contributed by atoms with van der Waals surface area (Å²) in [6.45, 7) is 0. The number of amidine groups is 1. The van der Waals surface area contributed by atoms with Gasteiger partial charge in [0.2, 0.25) is 0 Å². The van der Waals surface area contributed by atoms with Crippen LogP contribution in [0.25, 0.3) is 0 Å². The standard InChI is InChI=1S/C10H10ClN3O2/c1-14(2)10(16)13(9(15)12-14)8-6-4-3-5-7(8)11/h3-6H,1-2H3. The summed E-state index contributed by atoms with van der Waals surface area (Å²) in [5.74, 6) is 0. The van der Waals surface area contributed by atoms with Crippen molar-refractivity contribution in [1.82, 2.24) is 0 Å². The highest BCUT2D eigenvalue weighted by Gasteiger charge is 2.41. The average molecular weight is 240 g/mol. The molecule has 6 heteroatoms.